The molecule has 2 atom stereocenters. The van der Waals surface area contributed by atoms with Crippen molar-refractivity contribution in [2.24, 2.45) is 0 Å². The molecule has 20 heavy (non-hydrogen) atoms. The molecule has 0 aromatic heterocycles. The zero-order valence-corrected chi connectivity index (χ0v) is 10.8. The van der Waals surface area contributed by atoms with Gasteiger partial charge in [0, 0.05) is 0 Å². The summed E-state index contributed by atoms with van der Waals surface area (Å²) in [7, 11) is 0. The summed E-state index contributed by atoms with van der Waals surface area (Å²) in [6.07, 6.45) is -1.21. The third-order valence-electron chi connectivity index (χ3n) is 2.83. The quantitative estimate of drug-likeness (QED) is 0.738. The molecule has 0 fully saturated rings. The molecule has 1 aliphatic rings. The van der Waals surface area contributed by atoms with Crippen LogP contribution < -0.4 is 15.4 Å². The Morgan fingerprint density at radius 1 is 1.45 bits per heavy atom. The number of carbonyl (C=O) groups excluding carboxylic acids is 2. The van der Waals surface area contributed by atoms with Gasteiger partial charge in [-0.25, -0.2) is 0 Å². The normalized spacial score (nSPS) is 18.2. The van der Waals surface area contributed by atoms with Crippen molar-refractivity contribution in [2.75, 3.05) is 5.32 Å². The Labute approximate surface area is 114 Å². The number of ether oxygens (including phenoxy) is 1. The topological polar surface area (TPSA) is 105 Å². The molecule has 2 amide bonds. The smallest absolute Gasteiger partial charge is 0.325 e. The predicted molar refractivity (Wildman–Crippen MR) is 69.3 cm³/mol. The van der Waals surface area contributed by atoms with Crippen molar-refractivity contribution in [3.63, 3.8) is 0 Å². The number of carbonyl (C=O) groups is 3. The van der Waals surface area contributed by atoms with Crippen molar-refractivity contribution in [2.45, 2.75) is 25.5 Å². The summed E-state index contributed by atoms with van der Waals surface area (Å²) in [6, 6.07) is 5.86. The Balaban J connectivity index is 1.99. The first-order valence-electron chi connectivity index (χ1n) is 6.06. The fraction of sp³-hybridized carbons (Fsp3) is 0.308. The number of aliphatic carboxylic acids is 1. The monoisotopic (exact) mass is 278 g/mol. The highest BCUT2D eigenvalue weighted by Crippen LogP contribution is 2.29. The van der Waals surface area contributed by atoms with Gasteiger partial charge in [0.25, 0.3) is 5.91 Å². The lowest BCUT2D eigenvalue weighted by atomic mass is 10.1. The van der Waals surface area contributed by atoms with E-state index in [1.165, 1.54) is 6.92 Å². The minimum absolute atomic E-state index is 0.238. The third-order valence-corrected chi connectivity index (χ3v) is 2.83. The number of carboxylic acids is 1. The molecular formula is C13H14N2O5. The van der Waals surface area contributed by atoms with Crippen LogP contribution >= 0.6 is 0 Å². The molecule has 1 aromatic carbocycles. The van der Waals surface area contributed by atoms with Gasteiger partial charge in [-0.1, -0.05) is 12.1 Å². The van der Waals surface area contributed by atoms with Crippen molar-refractivity contribution in [3.05, 3.63) is 24.3 Å². The van der Waals surface area contributed by atoms with Gasteiger partial charge >= 0.3 is 5.97 Å². The number of rotatable bonds is 4. The van der Waals surface area contributed by atoms with Crippen LogP contribution in [0.3, 0.4) is 0 Å². The van der Waals surface area contributed by atoms with Crippen molar-refractivity contribution >= 4 is 23.5 Å². The van der Waals surface area contributed by atoms with Crippen LogP contribution in [0.5, 0.6) is 5.75 Å². The predicted octanol–water partition coefficient (Wildman–Crippen LogP) is 0.365. The number of nitrogens with one attached hydrogen (secondary N) is 2. The molecule has 7 heteroatoms. The Morgan fingerprint density at radius 3 is 2.85 bits per heavy atom. The van der Waals surface area contributed by atoms with Crippen LogP contribution in [0.25, 0.3) is 0 Å². The Hall–Kier alpha value is -2.57. The van der Waals surface area contributed by atoms with Crippen molar-refractivity contribution in [3.8, 4) is 5.75 Å². The molecule has 3 N–H and O–H groups in total. The van der Waals surface area contributed by atoms with Crippen molar-refractivity contribution < 1.29 is 24.2 Å². The number of para-hydroxylation sites is 2. The molecule has 1 aromatic rings. The van der Waals surface area contributed by atoms with Gasteiger partial charge in [-0.2, -0.15) is 0 Å². The Morgan fingerprint density at radius 2 is 2.15 bits per heavy atom. The van der Waals surface area contributed by atoms with Crippen LogP contribution in [0.2, 0.25) is 0 Å². The van der Waals surface area contributed by atoms with E-state index in [1.807, 2.05) is 0 Å². The molecule has 1 heterocycles. The molecule has 1 aliphatic heterocycles. The molecule has 0 radical (unpaired) electrons. The van der Waals surface area contributed by atoms with Crippen LogP contribution in [0.15, 0.2) is 24.3 Å². The van der Waals surface area contributed by atoms with E-state index in [1.54, 1.807) is 24.3 Å². The van der Waals surface area contributed by atoms with Gasteiger partial charge in [-0.15, -0.1) is 0 Å². The molecule has 0 bridgehead atoms. The molecule has 0 spiro atoms. The maximum absolute atomic E-state index is 11.8. The van der Waals surface area contributed by atoms with E-state index in [0.717, 1.165) is 0 Å². The second kappa shape index (κ2) is 5.60. The van der Waals surface area contributed by atoms with Gasteiger partial charge in [0.15, 0.2) is 6.10 Å². The number of fused-ring (bicyclic) bond motifs is 1. The van der Waals surface area contributed by atoms with E-state index in [9.17, 15) is 14.4 Å². The number of hydrogen-bond donors (Lipinski definition) is 3. The first kappa shape index (κ1) is 13.9. The van der Waals surface area contributed by atoms with Crippen molar-refractivity contribution in [1.29, 1.82) is 0 Å². The van der Waals surface area contributed by atoms with Crippen LogP contribution in [-0.4, -0.2) is 35.0 Å². The summed E-state index contributed by atoms with van der Waals surface area (Å²) in [5.41, 5.74) is 0.549. The fourth-order valence-corrected chi connectivity index (χ4v) is 1.76. The average Bonchev–Trinajstić information content (AvgIpc) is 2.39. The lowest BCUT2D eigenvalue weighted by molar-refractivity contribution is -0.141. The van der Waals surface area contributed by atoms with E-state index in [-0.39, 0.29) is 6.42 Å². The second-order valence-electron chi connectivity index (χ2n) is 4.42. The molecule has 106 valence electrons. The first-order valence-corrected chi connectivity index (χ1v) is 6.06. The molecular weight excluding hydrogens is 264 g/mol. The maximum atomic E-state index is 11.8. The summed E-state index contributed by atoms with van der Waals surface area (Å²) in [6.45, 7) is 1.34. The lowest BCUT2D eigenvalue weighted by Gasteiger charge is -2.25. The van der Waals surface area contributed by atoms with E-state index < -0.39 is 29.9 Å². The minimum atomic E-state index is -1.14. The number of benzene rings is 1. The van der Waals surface area contributed by atoms with Gasteiger partial charge in [0.05, 0.1) is 12.1 Å². The molecule has 0 saturated carbocycles. The fourth-order valence-electron chi connectivity index (χ4n) is 1.76. The van der Waals surface area contributed by atoms with Crippen LogP contribution in [0.1, 0.15) is 13.3 Å². The molecule has 2 rings (SSSR count). The average molecular weight is 278 g/mol. The zero-order valence-electron chi connectivity index (χ0n) is 10.8. The SMILES string of the molecule is C[C@@H](NC(=O)CC1Oc2ccccc2NC1=O)C(=O)O. The third kappa shape index (κ3) is 3.05. The minimum Gasteiger partial charge on any atom is -0.480 e. The standard InChI is InChI=1S/C13H14N2O5/c1-7(13(18)19)14-11(16)6-10-12(17)15-8-4-2-3-5-9(8)20-10/h2-5,7,10H,6H2,1H3,(H,14,16)(H,15,17)(H,18,19)/t7-,10?/m1/s1. The van der Waals surface area contributed by atoms with Crippen LogP contribution in [-0.2, 0) is 14.4 Å². The summed E-state index contributed by atoms with van der Waals surface area (Å²) < 4.78 is 5.44. The number of amides is 2. The summed E-state index contributed by atoms with van der Waals surface area (Å²) in [5, 5.41) is 13.6. The summed E-state index contributed by atoms with van der Waals surface area (Å²) >= 11 is 0. The highest BCUT2D eigenvalue weighted by atomic mass is 16.5. The van der Waals surface area contributed by atoms with E-state index in [0.29, 0.717) is 11.4 Å². The summed E-state index contributed by atoms with van der Waals surface area (Å²) in [5.74, 6) is -1.64. The molecule has 0 aliphatic carbocycles. The zero-order chi connectivity index (χ0) is 14.7. The largest absolute Gasteiger partial charge is 0.480 e. The molecule has 7 nitrogen and oxygen atoms in total. The van der Waals surface area contributed by atoms with Gasteiger partial charge in [-0.3, -0.25) is 14.4 Å². The van der Waals surface area contributed by atoms with Crippen LogP contribution in [0, 0.1) is 0 Å². The number of hydrogen-bond acceptors (Lipinski definition) is 4. The molecule has 0 saturated heterocycles. The molecule has 1 unspecified atom stereocenters. The van der Waals surface area contributed by atoms with E-state index in [2.05, 4.69) is 10.6 Å². The second-order valence-corrected chi connectivity index (χ2v) is 4.42. The highest BCUT2D eigenvalue weighted by molar-refractivity contribution is 6.00. The number of anilines is 1. The van der Waals surface area contributed by atoms with Crippen molar-refractivity contribution in [1.82, 2.24) is 5.32 Å². The van der Waals surface area contributed by atoms with Gasteiger partial charge in [-0.05, 0) is 19.1 Å². The summed E-state index contributed by atoms with van der Waals surface area (Å²) in [4.78, 5) is 34.1. The van der Waals surface area contributed by atoms with Gasteiger partial charge in [0.2, 0.25) is 5.91 Å². The lowest BCUT2D eigenvalue weighted by Crippen LogP contribution is -2.44. The first-order chi connectivity index (χ1) is 9.47. The van der Waals surface area contributed by atoms with Gasteiger partial charge in [0.1, 0.15) is 11.8 Å². The van der Waals surface area contributed by atoms with E-state index >= 15 is 0 Å². The van der Waals surface area contributed by atoms with Gasteiger partial charge < -0.3 is 20.5 Å². The highest BCUT2D eigenvalue weighted by Gasteiger charge is 2.30. The van der Waals surface area contributed by atoms with E-state index in [4.69, 9.17) is 9.84 Å². The Kier molecular flexibility index (Phi) is 3.88. The van der Waals surface area contributed by atoms with Crippen LogP contribution in [0.4, 0.5) is 5.69 Å². The number of carboxylic acid groups (broad SMARTS) is 1. The Bertz CT molecular complexity index is 557. The maximum Gasteiger partial charge on any atom is 0.325 e.